The number of methoxy groups -OCH3 is 1. The summed E-state index contributed by atoms with van der Waals surface area (Å²) in [4.78, 5) is 26.9. The first-order valence-corrected chi connectivity index (χ1v) is 9.31. The van der Waals surface area contributed by atoms with Gasteiger partial charge in [-0.15, -0.1) is 11.3 Å². The van der Waals surface area contributed by atoms with Crippen LogP contribution in [0.25, 0.3) is 0 Å². The minimum Gasteiger partial charge on any atom is -0.465 e. The largest absolute Gasteiger partial charge is 0.465 e. The van der Waals surface area contributed by atoms with Crippen molar-refractivity contribution in [1.29, 1.82) is 0 Å². The molecule has 2 fully saturated rings. The molecule has 1 aromatic rings. The summed E-state index contributed by atoms with van der Waals surface area (Å²) in [6, 6.07) is 0.448. The Morgan fingerprint density at radius 1 is 1.25 bits per heavy atom. The molecule has 132 valence electrons. The monoisotopic (exact) mass is 352 g/mol. The second-order valence-electron chi connectivity index (χ2n) is 6.58. The Bertz CT molecular complexity index is 622. The quantitative estimate of drug-likeness (QED) is 0.846. The number of thiophene rings is 1. The van der Waals surface area contributed by atoms with Gasteiger partial charge >= 0.3 is 12.1 Å². The third-order valence-corrected chi connectivity index (χ3v) is 6.45. The van der Waals surface area contributed by atoms with E-state index in [9.17, 15) is 9.59 Å². The third kappa shape index (κ3) is 3.09. The average Bonchev–Trinajstić information content (AvgIpc) is 3.20. The van der Waals surface area contributed by atoms with Crippen molar-refractivity contribution in [3.63, 3.8) is 0 Å². The lowest BCUT2D eigenvalue weighted by atomic mass is 9.88. The standard InChI is InChI=1S/C17H24N2O4S/c1-11-13(16(20)23-2)10-24-15(11)19-7-3-4-14(19)12-5-8-18(9-6-12)17(21)22/h10,12,14H,3-9H2,1-2H3,(H,21,22). The van der Waals surface area contributed by atoms with Crippen molar-refractivity contribution in [1.82, 2.24) is 4.90 Å². The van der Waals surface area contributed by atoms with E-state index in [0.29, 0.717) is 30.6 Å². The van der Waals surface area contributed by atoms with Gasteiger partial charge in [0.1, 0.15) is 0 Å². The molecule has 7 heteroatoms. The Kier molecular flexibility index (Phi) is 4.99. The van der Waals surface area contributed by atoms with Gasteiger partial charge in [-0.1, -0.05) is 0 Å². The van der Waals surface area contributed by atoms with E-state index in [1.165, 1.54) is 17.0 Å². The van der Waals surface area contributed by atoms with E-state index in [4.69, 9.17) is 9.84 Å². The number of esters is 1. The van der Waals surface area contributed by atoms with Crippen LogP contribution in [0, 0.1) is 12.8 Å². The molecule has 1 amide bonds. The second kappa shape index (κ2) is 7.01. The topological polar surface area (TPSA) is 70.1 Å². The molecule has 0 saturated carbocycles. The summed E-state index contributed by atoms with van der Waals surface area (Å²) in [6.45, 7) is 4.24. The van der Waals surface area contributed by atoms with Gasteiger partial charge in [-0.05, 0) is 44.1 Å². The van der Waals surface area contributed by atoms with E-state index in [-0.39, 0.29) is 5.97 Å². The highest BCUT2D eigenvalue weighted by atomic mass is 32.1. The fourth-order valence-corrected chi connectivity index (χ4v) is 5.16. The highest BCUT2D eigenvalue weighted by Crippen LogP contribution is 2.40. The Morgan fingerprint density at radius 2 is 1.96 bits per heavy atom. The van der Waals surface area contributed by atoms with Crippen molar-refractivity contribution in [3.05, 3.63) is 16.5 Å². The molecule has 0 aromatic carbocycles. The molecule has 6 nitrogen and oxygen atoms in total. The van der Waals surface area contributed by atoms with Crippen molar-refractivity contribution in [3.8, 4) is 0 Å². The van der Waals surface area contributed by atoms with E-state index in [1.807, 2.05) is 12.3 Å². The lowest BCUT2D eigenvalue weighted by Gasteiger charge is -2.38. The van der Waals surface area contributed by atoms with Gasteiger partial charge in [-0.2, -0.15) is 0 Å². The number of anilines is 1. The number of hydrogen-bond donors (Lipinski definition) is 1. The number of carbonyl (C=O) groups excluding carboxylic acids is 1. The van der Waals surface area contributed by atoms with Crippen LogP contribution in [0.5, 0.6) is 0 Å². The maximum Gasteiger partial charge on any atom is 0.407 e. The molecule has 0 aliphatic carbocycles. The van der Waals surface area contributed by atoms with Crippen LogP contribution in [0.15, 0.2) is 5.38 Å². The van der Waals surface area contributed by atoms with Gasteiger partial charge in [0.15, 0.2) is 0 Å². The predicted octanol–water partition coefficient (Wildman–Crippen LogP) is 3.20. The van der Waals surface area contributed by atoms with Crippen LogP contribution >= 0.6 is 11.3 Å². The van der Waals surface area contributed by atoms with Gasteiger partial charge in [-0.25, -0.2) is 9.59 Å². The summed E-state index contributed by atoms with van der Waals surface area (Å²) in [5.74, 6) is 0.242. The first-order chi connectivity index (χ1) is 11.5. The molecule has 2 saturated heterocycles. The molecule has 0 spiro atoms. The van der Waals surface area contributed by atoms with Gasteiger partial charge in [0, 0.05) is 31.1 Å². The summed E-state index contributed by atoms with van der Waals surface area (Å²) >= 11 is 1.61. The van der Waals surface area contributed by atoms with E-state index >= 15 is 0 Å². The molecule has 24 heavy (non-hydrogen) atoms. The van der Waals surface area contributed by atoms with Crippen LogP contribution in [0.1, 0.15) is 41.6 Å². The Hall–Kier alpha value is -1.76. The van der Waals surface area contributed by atoms with Gasteiger partial charge in [0.05, 0.1) is 17.7 Å². The molecule has 2 aliphatic rings. The van der Waals surface area contributed by atoms with Gasteiger partial charge < -0.3 is 19.6 Å². The lowest BCUT2D eigenvalue weighted by Crippen LogP contribution is -2.44. The number of piperidine rings is 1. The SMILES string of the molecule is COC(=O)c1csc(N2CCCC2C2CCN(C(=O)O)CC2)c1C. The first kappa shape index (κ1) is 17.1. The molecule has 1 N–H and O–H groups in total. The van der Waals surface area contributed by atoms with Crippen molar-refractivity contribution in [2.75, 3.05) is 31.6 Å². The minimum absolute atomic E-state index is 0.277. The Morgan fingerprint density at radius 3 is 2.58 bits per heavy atom. The summed E-state index contributed by atoms with van der Waals surface area (Å²) in [5, 5.41) is 12.2. The van der Waals surface area contributed by atoms with E-state index in [0.717, 1.165) is 37.8 Å². The highest BCUT2D eigenvalue weighted by molar-refractivity contribution is 7.14. The number of carboxylic acid groups (broad SMARTS) is 1. The first-order valence-electron chi connectivity index (χ1n) is 8.43. The van der Waals surface area contributed by atoms with E-state index < -0.39 is 6.09 Å². The molecule has 0 radical (unpaired) electrons. The molecule has 1 aromatic heterocycles. The van der Waals surface area contributed by atoms with Crippen LogP contribution in [0.3, 0.4) is 0 Å². The molecule has 0 bridgehead atoms. The highest BCUT2D eigenvalue weighted by Gasteiger charge is 2.36. The number of nitrogens with zero attached hydrogens (tertiary/aromatic N) is 2. The molecule has 1 unspecified atom stereocenters. The number of carbonyl (C=O) groups is 2. The molecule has 1 atom stereocenters. The average molecular weight is 352 g/mol. The second-order valence-corrected chi connectivity index (χ2v) is 7.44. The minimum atomic E-state index is -0.812. The maximum absolute atomic E-state index is 11.9. The number of rotatable bonds is 3. The number of likely N-dealkylation sites (tertiary alicyclic amines) is 1. The smallest absolute Gasteiger partial charge is 0.407 e. The van der Waals surface area contributed by atoms with E-state index in [1.54, 1.807) is 11.3 Å². The fraction of sp³-hybridized carbons (Fsp3) is 0.647. The summed E-state index contributed by atoms with van der Waals surface area (Å²) in [5.41, 5.74) is 1.66. The molecule has 3 rings (SSSR count). The zero-order valence-electron chi connectivity index (χ0n) is 14.2. The normalized spacial score (nSPS) is 22.0. The van der Waals surface area contributed by atoms with Crippen LogP contribution in [-0.4, -0.2) is 54.9 Å². The lowest BCUT2D eigenvalue weighted by molar-refractivity contribution is 0.0600. The Labute approximate surface area is 146 Å². The number of amides is 1. The molecular formula is C17H24N2O4S. The fourth-order valence-electron chi connectivity index (χ4n) is 4.01. The van der Waals surface area contributed by atoms with Gasteiger partial charge in [0.25, 0.3) is 0 Å². The zero-order chi connectivity index (χ0) is 17.3. The van der Waals surface area contributed by atoms with Gasteiger partial charge in [-0.3, -0.25) is 0 Å². The van der Waals surface area contributed by atoms with Crippen LogP contribution < -0.4 is 4.90 Å². The van der Waals surface area contributed by atoms with Crippen LogP contribution in [0.2, 0.25) is 0 Å². The molecule has 2 aliphatic heterocycles. The van der Waals surface area contributed by atoms with Crippen molar-refractivity contribution >= 4 is 28.4 Å². The zero-order valence-corrected chi connectivity index (χ0v) is 15.0. The molecule has 3 heterocycles. The van der Waals surface area contributed by atoms with Crippen LogP contribution in [-0.2, 0) is 4.74 Å². The van der Waals surface area contributed by atoms with Crippen molar-refractivity contribution < 1.29 is 19.4 Å². The molecular weight excluding hydrogens is 328 g/mol. The number of hydrogen-bond acceptors (Lipinski definition) is 5. The van der Waals surface area contributed by atoms with Gasteiger partial charge in [0.2, 0.25) is 0 Å². The summed E-state index contributed by atoms with van der Waals surface area (Å²) < 4.78 is 4.86. The number of ether oxygens (including phenoxy) is 1. The predicted molar refractivity (Wildman–Crippen MR) is 93.1 cm³/mol. The Balaban J connectivity index is 1.74. The van der Waals surface area contributed by atoms with Crippen molar-refractivity contribution in [2.24, 2.45) is 5.92 Å². The third-order valence-electron chi connectivity index (χ3n) is 5.33. The summed E-state index contributed by atoms with van der Waals surface area (Å²) in [6.07, 6.45) is 3.31. The van der Waals surface area contributed by atoms with Crippen molar-refractivity contribution in [2.45, 2.75) is 38.6 Å². The van der Waals surface area contributed by atoms with E-state index in [2.05, 4.69) is 4.90 Å². The van der Waals surface area contributed by atoms with Crippen LogP contribution in [0.4, 0.5) is 9.80 Å². The summed E-state index contributed by atoms with van der Waals surface area (Å²) in [7, 11) is 1.41. The maximum atomic E-state index is 11.9.